The van der Waals surface area contributed by atoms with Crippen LogP contribution in [0.1, 0.15) is 27.0 Å². The van der Waals surface area contributed by atoms with Crippen molar-refractivity contribution < 1.29 is 4.79 Å². The number of nitrogens with zero attached hydrogens (tertiary/aromatic N) is 2. The third-order valence-corrected chi connectivity index (χ3v) is 4.61. The van der Waals surface area contributed by atoms with E-state index in [1.54, 1.807) is 0 Å². The minimum Gasteiger partial charge on any atom is -0.304 e. The largest absolute Gasteiger partial charge is 0.304 e. The zero-order valence-electron chi connectivity index (χ0n) is 14.0. The molecule has 3 heteroatoms. The maximum absolute atomic E-state index is 12.6. The minimum atomic E-state index is 0.106. The van der Waals surface area contributed by atoms with Crippen LogP contribution in [0.3, 0.4) is 0 Å². The number of hydrogen-bond acceptors (Lipinski definition) is 3. The molecule has 2 aromatic rings. The molecule has 3 rings (SSSR count). The monoisotopic (exact) mass is 308 g/mol. The predicted molar refractivity (Wildman–Crippen MR) is 93.8 cm³/mol. The summed E-state index contributed by atoms with van der Waals surface area (Å²) in [6, 6.07) is 15.9. The highest BCUT2D eigenvalue weighted by Crippen LogP contribution is 2.15. The van der Waals surface area contributed by atoms with Crippen molar-refractivity contribution in [1.82, 2.24) is 9.80 Å². The quantitative estimate of drug-likeness (QED) is 0.811. The van der Waals surface area contributed by atoms with Gasteiger partial charge >= 0.3 is 0 Å². The van der Waals surface area contributed by atoms with E-state index in [4.69, 9.17) is 0 Å². The van der Waals surface area contributed by atoms with Gasteiger partial charge in [-0.05, 0) is 25.1 Å². The Bertz CT molecular complexity index is 670. The highest BCUT2D eigenvalue weighted by molar-refractivity contribution is 6.09. The summed E-state index contributed by atoms with van der Waals surface area (Å²) in [5.41, 5.74) is 3.86. The molecule has 1 saturated heterocycles. The molecule has 2 aromatic carbocycles. The second-order valence-electron chi connectivity index (χ2n) is 6.42. The summed E-state index contributed by atoms with van der Waals surface area (Å²) >= 11 is 0. The number of likely N-dealkylation sites (N-methyl/N-ethyl adjacent to an activating group) is 1. The molecule has 0 aliphatic carbocycles. The molecule has 1 fully saturated rings. The van der Waals surface area contributed by atoms with E-state index in [1.807, 2.05) is 43.3 Å². The normalized spacial score (nSPS) is 16.4. The van der Waals surface area contributed by atoms with E-state index in [0.717, 1.165) is 49.4 Å². The van der Waals surface area contributed by atoms with Crippen molar-refractivity contribution in [3.8, 4) is 0 Å². The van der Waals surface area contributed by atoms with Crippen molar-refractivity contribution in [2.45, 2.75) is 13.5 Å². The molecule has 0 saturated carbocycles. The molecule has 1 aliphatic heterocycles. The van der Waals surface area contributed by atoms with E-state index in [0.29, 0.717) is 0 Å². The average molecular weight is 308 g/mol. The van der Waals surface area contributed by atoms with E-state index in [1.165, 1.54) is 5.56 Å². The van der Waals surface area contributed by atoms with Gasteiger partial charge in [0.2, 0.25) is 0 Å². The third kappa shape index (κ3) is 3.87. The second kappa shape index (κ2) is 7.07. The first-order chi connectivity index (χ1) is 11.1. The second-order valence-corrected chi connectivity index (χ2v) is 6.42. The SMILES string of the molecule is Cc1ccccc1C(=O)c1ccc(CN2CCN(C)CC2)cc1. The molecule has 0 unspecified atom stereocenters. The molecule has 0 radical (unpaired) electrons. The van der Waals surface area contributed by atoms with Crippen LogP contribution in [0.5, 0.6) is 0 Å². The van der Waals surface area contributed by atoms with Crippen molar-refractivity contribution in [1.29, 1.82) is 0 Å². The number of rotatable bonds is 4. The molecular weight excluding hydrogens is 284 g/mol. The van der Waals surface area contributed by atoms with Crippen LogP contribution >= 0.6 is 0 Å². The fourth-order valence-electron chi connectivity index (χ4n) is 3.01. The Hall–Kier alpha value is -1.97. The standard InChI is InChI=1S/C20H24N2O/c1-16-5-3-4-6-19(16)20(23)18-9-7-17(8-10-18)15-22-13-11-21(2)12-14-22/h3-10H,11-15H2,1-2H3. The van der Waals surface area contributed by atoms with Crippen LogP contribution < -0.4 is 0 Å². The summed E-state index contributed by atoms with van der Waals surface area (Å²) in [4.78, 5) is 17.4. The number of carbonyl (C=O) groups excluding carboxylic acids is 1. The van der Waals surface area contributed by atoms with Crippen LogP contribution in [-0.2, 0) is 6.54 Å². The van der Waals surface area contributed by atoms with Gasteiger partial charge in [0.25, 0.3) is 0 Å². The summed E-state index contributed by atoms with van der Waals surface area (Å²) < 4.78 is 0. The lowest BCUT2D eigenvalue weighted by atomic mass is 9.98. The van der Waals surface area contributed by atoms with Gasteiger partial charge in [-0.15, -0.1) is 0 Å². The Morgan fingerprint density at radius 2 is 1.61 bits per heavy atom. The van der Waals surface area contributed by atoms with Gasteiger partial charge in [-0.3, -0.25) is 9.69 Å². The summed E-state index contributed by atoms with van der Waals surface area (Å²) in [5, 5.41) is 0. The van der Waals surface area contributed by atoms with Crippen molar-refractivity contribution in [3.63, 3.8) is 0 Å². The highest BCUT2D eigenvalue weighted by atomic mass is 16.1. The zero-order valence-corrected chi connectivity index (χ0v) is 14.0. The van der Waals surface area contributed by atoms with Crippen LogP contribution in [0.15, 0.2) is 48.5 Å². The van der Waals surface area contributed by atoms with Crippen molar-refractivity contribution in [3.05, 3.63) is 70.8 Å². The van der Waals surface area contributed by atoms with Crippen LogP contribution in [-0.4, -0.2) is 48.8 Å². The Labute approximate surface area is 138 Å². The fourth-order valence-corrected chi connectivity index (χ4v) is 3.01. The molecule has 0 bridgehead atoms. The van der Waals surface area contributed by atoms with Crippen molar-refractivity contribution in [2.24, 2.45) is 0 Å². The van der Waals surface area contributed by atoms with Crippen molar-refractivity contribution >= 4 is 5.78 Å². The first-order valence-electron chi connectivity index (χ1n) is 8.23. The molecule has 0 N–H and O–H groups in total. The van der Waals surface area contributed by atoms with Gasteiger partial charge in [-0.1, -0.05) is 48.5 Å². The molecule has 120 valence electrons. The lowest BCUT2D eigenvalue weighted by Crippen LogP contribution is -2.43. The summed E-state index contributed by atoms with van der Waals surface area (Å²) in [5.74, 6) is 0.106. The van der Waals surface area contributed by atoms with Crippen LogP contribution in [0.2, 0.25) is 0 Å². The molecular formula is C20H24N2O. The third-order valence-electron chi connectivity index (χ3n) is 4.61. The number of ketones is 1. The molecule has 0 aromatic heterocycles. The zero-order chi connectivity index (χ0) is 16.2. The Balaban J connectivity index is 1.67. The molecule has 1 heterocycles. The molecule has 3 nitrogen and oxygen atoms in total. The number of aryl methyl sites for hydroxylation is 1. The lowest BCUT2D eigenvalue weighted by Gasteiger charge is -2.32. The van der Waals surface area contributed by atoms with Gasteiger partial charge in [0, 0.05) is 43.9 Å². The van der Waals surface area contributed by atoms with Gasteiger partial charge in [0.05, 0.1) is 0 Å². The fraction of sp³-hybridized carbons (Fsp3) is 0.350. The van der Waals surface area contributed by atoms with Gasteiger partial charge < -0.3 is 4.90 Å². The first-order valence-corrected chi connectivity index (χ1v) is 8.23. The van der Waals surface area contributed by atoms with E-state index >= 15 is 0 Å². The van der Waals surface area contributed by atoms with Gasteiger partial charge in [-0.2, -0.15) is 0 Å². The predicted octanol–water partition coefficient (Wildman–Crippen LogP) is 2.97. The van der Waals surface area contributed by atoms with Gasteiger partial charge in [-0.25, -0.2) is 0 Å². The number of carbonyl (C=O) groups is 1. The molecule has 1 aliphatic rings. The van der Waals surface area contributed by atoms with Crippen molar-refractivity contribution in [2.75, 3.05) is 33.2 Å². The molecule has 23 heavy (non-hydrogen) atoms. The molecule has 0 spiro atoms. The van der Waals surface area contributed by atoms with Gasteiger partial charge in [0.1, 0.15) is 0 Å². The summed E-state index contributed by atoms with van der Waals surface area (Å²) in [6.07, 6.45) is 0. The number of benzene rings is 2. The summed E-state index contributed by atoms with van der Waals surface area (Å²) in [7, 11) is 2.17. The number of piperazine rings is 1. The summed E-state index contributed by atoms with van der Waals surface area (Å²) in [6.45, 7) is 7.43. The van der Waals surface area contributed by atoms with Gasteiger partial charge in [0.15, 0.2) is 5.78 Å². The average Bonchev–Trinajstić information content (AvgIpc) is 2.57. The Morgan fingerprint density at radius 1 is 0.957 bits per heavy atom. The van der Waals surface area contributed by atoms with E-state index in [-0.39, 0.29) is 5.78 Å². The molecule has 0 atom stereocenters. The van der Waals surface area contributed by atoms with Crippen LogP contribution in [0.4, 0.5) is 0 Å². The smallest absolute Gasteiger partial charge is 0.193 e. The first kappa shape index (κ1) is 15.9. The van der Waals surface area contributed by atoms with E-state index < -0.39 is 0 Å². The molecule has 0 amide bonds. The minimum absolute atomic E-state index is 0.106. The lowest BCUT2D eigenvalue weighted by molar-refractivity contribution is 0.103. The maximum Gasteiger partial charge on any atom is 0.193 e. The number of hydrogen-bond donors (Lipinski definition) is 0. The van der Waals surface area contributed by atoms with Crippen LogP contribution in [0.25, 0.3) is 0 Å². The van der Waals surface area contributed by atoms with E-state index in [2.05, 4.69) is 29.0 Å². The highest BCUT2D eigenvalue weighted by Gasteiger charge is 2.15. The van der Waals surface area contributed by atoms with Crippen LogP contribution in [0, 0.1) is 6.92 Å². The van der Waals surface area contributed by atoms with E-state index in [9.17, 15) is 4.79 Å². The Kier molecular flexibility index (Phi) is 4.89. The Morgan fingerprint density at radius 3 is 2.26 bits per heavy atom. The topological polar surface area (TPSA) is 23.6 Å². The maximum atomic E-state index is 12.6.